The molecule has 0 bridgehead atoms. The van der Waals surface area contributed by atoms with E-state index in [9.17, 15) is 4.79 Å². The maximum atomic E-state index is 10.3. The van der Waals surface area contributed by atoms with Gasteiger partial charge in [0.1, 0.15) is 0 Å². The van der Waals surface area contributed by atoms with Crippen molar-refractivity contribution < 1.29 is 4.79 Å². The van der Waals surface area contributed by atoms with Crippen LogP contribution < -0.4 is 0 Å². The third-order valence-electron chi connectivity index (χ3n) is 1.15. The summed E-state index contributed by atoms with van der Waals surface area (Å²) in [6.07, 6.45) is 2.84. The molecule has 54 valence electrons. The van der Waals surface area contributed by atoms with Gasteiger partial charge in [-0.1, -0.05) is 20.3 Å². The molecule has 0 saturated carbocycles. The Bertz CT molecular complexity index is 88.9. The lowest BCUT2D eigenvalue weighted by Crippen LogP contribution is -1.90. The van der Waals surface area contributed by atoms with E-state index >= 15 is 0 Å². The van der Waals surface area contributed by atoms with Gasteiger partial charge in [-0.15, -0.1) is 0 Å². The Kier molecular flexibility index (Phi) is 5.06. The second-order valence-electron chi connectivity index (χ2n) is 2.64. The molecular formula is C7H13BrO. The summed E-state index contributed by atoms with van der Waals surface area (Å²) in [6, 6.07) is 0. The number of carbonyl (C=O) groups excluding carboxylic acids is 1. The van der Waals surface area contributed by atoms with Gasteiger partial charge in [0.2, 0.25) is 0 Å². The van der Waals surface area contributed by atoms with Crippen molar-refractivity contribution in [1.82, 2.24) is 0 Å². The average Bonchev–Trinajstić information content (AvgIpc) is 1.63. The molecule has 1 nitrogen and oxygen atoms in total. The molecule has 0 spiro atoms. The van der Waals surface area contributed by atoms with Crippen LogP contribution in [0, 0.1) is 5.92 Å². The Morgan fingerprint density at radius 3 is 2.44 bits per heavy atom. The molecule has 0 atom stereocenters. The zero-order chi connectivity index (χ0) is 7.28. The van der Waals surface area contributed by atoms with Crippen molar-refractivity contribution in [2.45, 2.75) is 33.1 Å². The van der Waals surface area contributed by atoms with Gasteiger partial charge in [-0.3, -0.25) is 4.79 Å². The highest BCUT2D eigenvalue weighted by Gasteiger charge is 1.96. The van der Waals surface area contributed by atoms with Crippen LogP contribution in [0.5, 0.6) is 0 Å². The molecule has 0 aliphatic carbocycles. The fraction of sp³-hybridized carbons (Fsp3) is 0.857. The first-order valence-corrected chi connectivity index (χ1v) is 4.10. The van der Waals surface area contributed by atoms with E-state index in [0.29, 0.717) is 6.42 Å². The van der Waals surface area contributed by atoms with E-state index in [0.717, 1.165) is 18.8 Å². The third-order valence-corrected chi connectivity index (χ3v) is 1.55. The van der Waals surface area contributed by atoms with Crippen molar-refractivity contribution in [3.8, 4) is 0 Å². The maximum Gasteiger partial charge on any atom is 0.197 e. The molecule has 0 radical (unpaired) electrons. The average molecular weight is 193 g/mol. The minimum atomic E-state index is 0.128. The number of rotatable bonds is 4. The van der Waals surface area contributed by atoms with Crippen LogP contribution in [0.2, 0.25) is 0 Å². The van der Waals surface area contributed by atoms with Crippen LogP contribution in [0.25, 0.3) is 0 Å². The maximum absolute atomic E-state index is 10.3. The van der Waals surface area contributed by atoms with Gasteiger partial charge in [0.15, 0.2) is 4.69 Å². The fourth-order valence-corrected chi connectivity index (χ4v) is 0.930. The number of carbonyl (C=O) groups is 1. The van der Waals surface area contributed by atoms with Crippen LogP contribution in [-0.4, -0.2) is 4.69 Å². The van der Waals surface area contributed by atoms with Gasteiger partial charge in [-0.05, 0) is 28.3 Å². The van der Waals surface area contributed by atoms with E-state index in [1.54, 1.807) is 0 Å². The fourth-order valence-electron chi connectivity index (χ4n) is 0.649. The summed E-state index contributed by atoms with van der Waals surface area (Å²) in [4.78, 5) is 10.3. The van der Waals surface area contributed by atoms with E-state index in [1.807, 2.05) is 0 Å². The second kappa shape index (κ2) is 4.98. The minimum absolute atomic E-state index is 0.128. The summed E-state index contributed by atoms with van der Waals surface area (Å²) in [5.41, 5.74) is 0. The van der Waals surface area contributed by atoms with E-state index in [4.69, 9.17) is 0 Å². The Morgan fingerprint density at radius 2 is 2.11 bits per heavy atom. The van der Waals surface area contributed by atoms with Gasteiger partial charge >= 0.3 is 0 Å². The standard InChI is InChI=1S/C7H13BrO/c1-6(2)4-3-5-7(8)9/h6H,3-5H2,1-2H3. The smallest absolute Gasteiger partial charge is 0.197 e. The summed E-state index contributed by atoms with van der Waals surface area (Å²) >= 11 is 2.89. The van der Waals surface area contributed by atoms with Gasteiger partial charge in [0, 0.05) is 6.42 Å². The van der Waals surface area contributed by atoms with Crippen molar-refractivity contribution in [3.05, 3.63) is 0 Å². The van der Waals surface area contributed by atoms with E-state index in [1.165, 1.54) is 0 Å². The first-order valence-electron chi connectivity index (χ1n) is 3.31. The van der Waals surface area contributed by atoms with Crippen LogP contribution in [0.3, 0.4) is 0 Å². The number of hydrogen-bond donors (Lipinski definition) is 0. The highest BCUT2D eigenvalue weighted by atomic mass is 79.9. The van der Waals surface area contributed by atoms with Crippen LogP contribution in [0.1, 0.15) is 33.1 Å². The second-order valence-corrected chi connectivity index (χ2v) is 3.53. The zero-order valence-corrected chi connectivity index (χ0v) is 7.57. The molecule has 0 aromatic heterocycles. The lowest BCUT2D eigenvalue weighted by Gasteiger charge is -1.99. The van der Waals surface area contributed by atoms with Crippen molar-refractivity contribution >= 4 is 20.6 Å². The van der Waals surface area contributed by atoms with Gasteiger partial charge in [-0.2, -0.15) is 0 Å². The lowest BCUT2D eigenvalue weighted by molar-refractivity contribution is -0.110. The predicted molar refractivity (Wildman–Crippen MR) is 42.6 cm³/mol. The molecule has 9 heavy (non-hydrogen) atoms. The van der Waals surface area contributed by atoms with Crippen molar-refractivity contribution in [1.29, 1.82) is 0 Å². The first kappa shape index (κ1) is 9.15. The zero-order valence-electron chi connectivity index (χ0n) is 5.98. The largest absolute Gasteiger partial charge is 0.287 e. The summed E-state index contributed by atoms with van der Waals surface area (Å²) in [5.74, 6) is 0.719. The van der Waals surface area contributed by atoms with E-state index in [2.05, 4.69) is 29.8 Å². The highest BCUT2D eigenvalue weighted by Crippen LogP contribution is 2.07. The van der Waals surface area contributed by atoms with E-state index < -0.39 is 0 Å². The normalized spacial score (nSPS) is 10.2. The summed E-state index contributed by atoms with van der Waals surface area (Å²) in [7, 11) is 0. The number of hydrogen-bond acceptors (Lipinski definition) is 1. The predicted octanol–water partition coefficient (Wildman–Crippen LogP) is 2.73. The van der Waals surface area contributed by atoms with Gasteiger partial charge in [0.05, 0.1) is 0 Å². The molecular weight excluding hydrogens is 180 g/mol. The van der Waals surface area contributed by atoms with Crippen LogP contribution in [0.4, 0.5) is 0 Å². The molecule has 0 rings (SSSR count). The van der Waals surface area contributed by atoms with Crippen molar-refractivity contribution in [3.63, 3.8) is 0 Å². The molecule has 0 fully saturated rings. The lowest BCUT2D eigenvalue weighted by atomic mass is 10.1. The minimum Gasteiger partial charge on any atom is -0.287 e. The Hall–Kier alpha value is 0.150. The Labute approximate surface area is 65.0 Å². The molecule has 0 heterocycles. The number of halogens is 1. The Morgan fingerprint density at radius 1 is 1.56 bits per heavy atom. The van der Waals surface area contributed by atoms with Crippen LogP contribution >= 0.6 is 15.9 Å². The molecule has 0 saturated heterocycles. The Balaban J connectivity index is 3.01. The van der Waals surface area contributed by atoms with Crippen molar-refractivity contribution in [2.75, 3.05) is 0 Å². The summed E-state index contributed by atoms with van der Waals surface area (Å²) in [5, 5.41) is 0. The molecule has 0 aromatic rings. The molecule has 0 aliphatic rings. The molecule has 0 aliphatic heterocycles. The quantitative estimate of drug-likeness (QED) is 0.627. The highest BCUT2D eigenvalue weighted by molar-refractivity contribution is 9.18. The summed E-state index contributed by atoms with van der Waals surface area (Å²) < 4.78 is 0.128. The van der Waals surface area contributed by atoms with Gasteiger partial charge < -0.3 is 0 Å². The molecule has 0 aromatic carbocycles. The van der Waals surface area contributed by atoms with Crippen molar-refractivity contribution in [2.24, 2.45) is 5.92 Å². The monoisotopic (exact) mass is 192 g/mol. The van der Waals surface area contributed by atoms with E-state index in [-0.39, 0.29) is 4.69 Å². The van der Waals surface area contributed by atoms with Crippen LogP contribution in [0.15, 0.2) is 0 Å². The molecule has 0 N–H and O–H groups in total. The van der Waals surface area contributed by atoms with Gasteiger partial charge in [0.25, 0.3) is 0 Å². The van der Waals surface area contributed by atoms with Crippen LogP contribution in [-0.2, 0) is 4.79 Å². The first-order chi connectivity index (χ1) is 4.13. The van der Waals surface area contributed by atoms with Gasteiger partial charge in [-0.25, -0.2) is 0 Å². The SMILES string of the molecule is CC(C)CCCC(=O)Br. The summed E-state index contributed by atoms with van der Waals surface area (Å²) in [6.45, 7) is 4.33. The molecule has 2 heteroatoms. The topological polar surface area (TPSA) is 17.1 Å². The molecule has 0 amide bonds. The molecule has 0 unspecified atom stereocenters. The third kappa shape index (κ3) is 8.15.